The van der Waals surface area contributed by atoms with Crippen LogP contribution in [0.2, 0.25) is 5.02 Å². The molecule has 2 atom stereocenters. The third-order valence-corrected chi connectivity index (χ3v) is 3.93. The van der Waals surface area contributed by atoms with E-state index in [1.807, 2.05) is 24.3 Å². The van der Waals surface area contributed by atoms with E-state index in [9.17, 15) is 5.11 Å². The van der Waals surface area contributed by atoms with Gasteiger partial charge in [-0.1, -0.05) is 31.0 Å². The highest BCUT2D eigenvalue weighted by Crippen LogP contribution is 2.27. The van der Waals surface area contributed by atoms with Crippen LogP contribution in [0.5, 0.6) is 0 Å². The van der Waals surface area contributed by atoms with Crippen molar-refractivity contribution in [2.45, 2.75) is 36.0 Å². The van der Waals surface area contributed by atoms with Gasteiger partial charge in [0.1, 0.15) is 0 Å². The van der Waals surface area contributed by atoms with Gasteiger partial charge in [-0.15, -0.1) is 11.8 Å². The quantitative estimate of drug-likeness (QED) is 0.773. The average molecular weight is 260 g/mol. The predicted molar refractivity (Wildman–Crippen MR) is 71.1 cm³/mol. The smallest absolute Gasteiger partial charge is 0.0568 e. The minimum Gasteiger partial charge on any atom is -0.395 e. The molecule has 1 rings (SSSR count). The first-order chi connectivity index (χ1) is 7.67. The summed E-state index contributed by atoms with van der Waals surface area (Å²) in [5.41, 5.74) is 6.01. The van der Waals surface area contributed by atoms with Gasteiger partial charge in [0.05, 0.1) is 6.61 Å². The Morgan fingerprint density at radius 1 is 1.50 bits per heavy atom. The first-order valence-corrected chi connectivity index (χ1v) is 6.71. The van der Waals surface area contributed by atoms with Crippen LogP contribution in [0.3, 0.4) is 0 Å². The van der Waals surface area contributed by atoms with E-state index in [-0.39, 0.29) is 17.9 Å². The lowest BCUT2D eigenvalue weighted by atomic mass is 10.1. The van der Waals surface area contributed by atoms with Gasteiger partial charge in [-0.05, 0) is 24.6 Å². The molecule has 0 saturated carbocycles. The summed E-state index contributed by atoms with van der Waals surface area (Å²) >= 11 is 7.50. The van der Waals surface area contributed by atoms with E-state index < -0.39 is 0 Å². The predicted octanol–water partition coefficient (Wildman–Crippen LogP) is 2.92. The second-order valence-corrected chi connectivity index (χ2v) is 5.50. The standard InChI is InChI=1S/C12H18ClNOS/c1-2-4-11(14)12(8-15)16-10-6-3-5-9(13)7-10/h3,5-7,11-12,15H,2,4,8,14H2,1H3. The van der Waals surface area contributed by atoms with Gasteiger partial charge in [0.25, 0.3) is 0 Å². The lowest BCUT2D eigenvalue weighted by Crippen LogP contribution is -2.34. The molecule has 90 valence electrons. The molecule has 3 N–H and O–H groups in total. The van der Waals surface area contributed by atoms with Gasteiger partial charge in [0.2, 0.25) is 0 Å². The first-order valence-electron chi connectivity index (χ1n) is 5.46. The minimum absolute atomic E-state index is 0.0268. The summed E-state index contributed by atoms with van der Waals surface area (Å²) in [5, 5.41) is 10.1. The van der Waals surface area contributed by atoms with Gasteiger partial charge in [-0.3, -0.25) is 0 Å². The second kappa shape index (κ2) is 7.17. The van der Waals surface area contributed by atoms with Crippen LogP contribution in [-0.2, 0) is 0 Å². The lowest BCUT2D eigenvalue weighted by Gasteiger charge is -2.21. The van der Waals surface area contributed by atoms with Crippen molar-refractivity contribution < 1.29 is 5.11 Å². The molecule has 0 saturated heterocycles. The molecule has 0 heterocycles. The number of aliphatic hydroxyl groups excluding tert-OH is 1. The number of rotatable bonds is 6. The Bertz CT molecular complexity index is 322. The summed E-state index contributed by atoms with van der Waals surface area (Å²) in [6.45, 7) is 2.19. The van der Waals surface area contributed by atoms with Crippen LogP contribution in [0.1, 0.15) is 19.8 Å². The van der Waals surface area contributed by atoms with Crippen LogP contribution in [-0.4, -0.2) is 23.0 Å². The molecule has 1 aromatic carbocycles. The Morgan fingerprint density at radius 3 is 2.81 bits per heavy atom. The Kier molecular flexibility index (Phi) is 6.21. The first kappa shape index (κ1) is 13.8. The number of nitrogens with two attached hydrogens (primary N) is 1. The van der Waals surface area contributed by atoms with Crippen molar-refractivity contribution in [2.24, 2.45) is 5.73 Å². The highest BCUT2D eigenvalue weighted by atomic mass is 35.5. The Hall–Kier alpha value is -0.220. The number of benzene rings is 1. The topological polar surface area (TPSA) is 46.2 Å². The molecular formula is C12H18ClNOS. The maximum atomic E-state index is 9.32. The normalized spacial score (nSPS) is 14.8. The number of aliphatic hydroxyl groups is 1. The highest BCUT2D eigenvalue weighted by molar-refractivity contribution is 8.00. The van der Waals surface area contributed by atoms with Crippen molar-refractivity contribution in [1.29, 1.82) is 0 Å². The summed E-state index contributed by atoms with van der Waals surface area (Å²) < 4.78 is 0. The van der Waals surface area contributed by atoms with E-state index in [1.54, 1.807) is 11.8 Å². The molecule has 0 amide bonds. The van der Waals surface area contributed by atoms with Gasteiger partial charge in [0.15, 0.2) is 0 Å². The molecule has 2 nitrogen and oxygen atoms in total. The average Bonchev–Trinajstić information content (AvgIpc) is 2.26. The van der Waals surface area contributed by atoms with E-state index >= 15 is 0 Å². The molecule has 0 aromatic heterocycles. The molecule has 0 bridgehead atoms. The number of halogens is 1. The Balaban J connectivity index is 2.62. The Labute approximate surface area is 106 Å². The van der Waals surface area contributed by atoms with E-state index in [4.69, 9.17) is 17.3 Å². The zero-order valence-corrected chi connectivity index (χ0v) is 11.0. The maximum absolute atomic E-state index is 9.32. The van der Waals surface area contributed by atoms with Gasteiger partial charge < -0.3 is 10.8 Å². The van der Waals surface area contributed by atoms with E-state index in [2.05, 4.69) is 6.92 Å². The van der Waals surface area contributed by atoms with Gasteiger partial charge in [-0.2, -0.15) is 0 Å². The number of hydrogen-bond donors (Lipinski definition) is 2. The van der Waals surface area contributed by atoms with Crippen molar-refractivity contribution in [3.63, 3.8) is 0 Å². The monoisotopic (exact) mass is 259 g/mol. The van der Waals surface area contributed by atoms with E-state index in [0.29, 0.717) is 5.02 Å². The van der Waals surface area contributed by atoms with Crippen molar-refractivity contribution in [3.8, 4) is 0 Å². The van der Waals surface area contributed by atoms with Crippen LogP contribution in [0.25, 0.3) is 0 Å². The molecule has 2 unspecified atom stereocenters. The van der Waals surface area contributed by atoms with Crippen LogP contribution >= 0.6 is 23.4 Å². The van der Waals surface area contributed by atoms with Gasteiger partial charge in [0, 0.05) is 21.2 Å². The lowest BCUT2D eigenvalue weighted by molar-refractivity contribution is 0.279. The number of thioether (sulfide) groups is 1. The molecule has 0 spiro atoms. The van der Waals surface area contributed by atoms with Crippen molar-refractivity contribution in [3.05, 3.63) is 29.3 Å². The van der Waals surface area contributed by atoms with Crippen molar-refractivity contribution >= 4 is 23.4 Å². The summed E-state index contributed by atoms with van der Waals surface area (Å²) in [6.07, 6.45) is 1.96. The molecule has 1 aromatic rings. The number of hydrogen-bond acceptors (Lipinski definition) is 3. The fourth-order valence-electron chi connectivity index (χ4n) is 1.49. The van der Waals surface area contributed by atoms with Crippen molar-refractivity contribution in [1.82, 2.24) is 0 Å². The summed E-state index contributed by atoms with van der Waals surface area (Å²) in [6, 6.07) is 7.65. The van der Waals surface area contributed by atoms with Crippen LogP contribution in [0.4, 0.5) is 0 Å². The molecule has 0 aliphatic carbocycles. The molecule has 0 aliphatic rings. The zero-order valence-electron chi connectivity index (χ0n) is 9.40. The fraction of sp³-hybridized carbons (Fsp3) is 0.500. The third kappa shape index (κ3) is 4.34. The molecule has 0 fully saturated rings. The third-order valence-electron chi connectivity index (χ3n) is 2.36. The summed E-state index contributed by atoms with van der Waals surface area (Å²) in [7, 11) is 0. The van der Waals surface area contributed by atoms with Crippen molar-refractivity contribution in [2.75, 3.05) is 6.61 Å². The Morgan fingerprint density at radius 2 is 2.25 bits per heavy atom. The summed E-state index contributed by atoms with van der Waals surface area (Å²) in [5.74, 6) is 0. The SMILES string of the molecule is CCCC(N)C(CO)Sc1cccc(Cl)c1. The largest absolute Gasteiger partial charge is 0.395 e. The van der Waals surface area contributed by atoms with Gasteiger partial charge >= 0.3 is 0 Å². The van der Waals surface area contributed by atoms with Crippen LogP contribution < -0.4 is 5.73 Å². The minimum atomic E-state index is 0.0268. The molecule has 0 aliphatic heterocycles. The fourth-order valence-corrected chi connectivity index (χ4v) is 2.84. The molecule has 16 heavy (non-hydrogen) atoms. The van der Waals surface area contributed by atoms with Gasteiger partial charge in [-0.25, -0.2) is 0 Å². The molecular weight excluding hydrogens is 242 g/mol. The summed E-state index contributed by atoms with van der Waals surface area (Å²) in [4.78, 5) is 1.05. The maximum Gasteiger partial charge on any atom is 0.0568 e. The highest BCUT2D eigenvalue weighted by Gasteiger charge is 2.17. The molecule has 0 radical (unpaired) electrons. The molecule has 4 heteroatoms. The van der Waals surface area contributed by atoms with Crippen LogP contribution in [0, 0.1) is 0 Å². The van der Waals surface area contributed by atoms with E-state index in [1.165, 1.54) is 0 Å². The van der Waals surface area contributed by atoms with E-state index in [0.717, 1.165) is 17.7 Å². The zero-order chi connectivity index (χ0) is 12.0. The second-order valence-electron chi connectivity index (χ2n) is 3.75. The van der Waals surface area contributed by atoms with Crippen LogP contribution in [0.15, 0.2) is 29.2 Å².